The molecule has 0 saturated heterocycles. The Morgan fingerprint density at radius 3 is 1.52 bits per heavy atom. The molecule has 0 aliphatic rings. The molecule has 48 heavy (non-hydrogen) atoms. The Morgan fingerprint density at radius 1 is 0.688 bits per heavy atom. The molecule has 2 N–H and O–H groups in total. The minimum Gasteiger partial charge on any atom is -0.426 e. The van der Waals surface area contributed by atoms with Gasteiger partial charge >= 0.3 is 11.4 Å². The van der Waals surface area contributed by atoms with Gasteiger partial charge in [-0.3, -0.25) is 4.79 Å². The first-order chi connectivity index (χ1) is 22.8. The molecule has 0 bridgehead atoms. The Hall–Kier alpha value is -4.55. The van der Waals surface area contributed by atoms with Crippen molar-refractivity contribution in [1.29, 1.82) is 0 Å². The molecule has 0 aliphatic carbocycles. The van der Waals surface area contributed by atoms with E-state index in [0.717, 1.165) is 24.3 Å². The molecule has 6 nitrogen and oxygen atoms in total. The van der Waals surface area contributed by atoms with Crippen LogP contribution in [0.5, 0.6) is 11.5 Å². The van der Waals surface area contributed by atoms with Crippen molar-refractivity contribution in [2.45, 2.75) is 40.0 Å². The Labute approximate surface area is 281 Å². The van der Waals surface area contributed by atoms with Crippen molar-refractivity contribution in [3.63, 3.8) is 0 Å². The van der Waals surface area contributed by atoms with Gasteiger partial charge in [0.1, 0.15) is 23.1 Å². The zero-order valence-corrected chi connectivity index (χ0v) is 27.3. The first-order valence-electron chi connectivity index (χ1n) is 14.6. The van der Waals surface area contributed by atoms with Gasteiger partial charge in [-0.05, 0) is 79.8 Å². The molecule has 4 aromatic carbocycles. The summed E-state index contributed by atoms with van der Waals surface area (Å²) in [4.78, 5) is 24.2. The van der Waals surface area contributed by atoms with Crippen LogP contribution in [0.15, 0.2) is 97.1 Å². The van der Waals surface area contributed by atoms with Crippen molar-refractivity contribution in [1.82, 2.24) is 4.90 Å². The molecule has 0 unspecified atom stereocenters. The van der Waals surface area contributed by atoms with Crippen LogP contribution in [0.25, 0.3) is 0 Å². The number of para-hydroxylation sites is 2. The van der Waals surface area contributed by atoms with Gasteiger partial charge in [0.2, 0.25) is 0 Å². The van der Waals surface area contributed by atoms with Crippen LogP contribution in [0.2, 0.25) is 0 Å². The van der Waals surface area contributed by atoms with E-state index in [2.05, 4.69) is 30.4 Å². The van der Waals surface area contributed by atoms with Gasteiger partial charge in [-0.15, -0.1) is 0 Å². The van der Waals surface area contributed by atoms with E-state index in [1.54, 1.807) is 54.6 Å². The maximum Gasteiger partial charge on any atom is 0.409 e. The number of nitrogens with zero attached hydrogens (tertiary/aromatic N) is 1. The smallest absolute Gasteiger partial charge is 0.409 e. The van der Waals surface area contributed by atoms with Crippen molar-refractivity contribution in [3.8, 4) is 11.5 Å². The fourth-order valence-electron chi connectivity index (χ4n) is 3.67. The molecule has 0 spiro atoms. The highest BCUT2D eigenvalue weighted by atomic mass is 35.5. The summed E-state index contributed by atoms with van der Waals surface area (Å²) in [5.74, 6) is -1.67. The van der Waals surface area contributed by atoms with Gasteiger partial charge in [0, 0.05) is 17.3 Å². The number of rotatable bonds is 9. The van der Waals surface area contributed by atoms with E-state index in [1.807, 2.05) is 6.07 Å². The van der Waals surface area contributed by atoms with Crippen LogP contribution in [0, 0.1) is 11.6 Å². The average Bonchev–Trinajstić information content (AvgIpc) is 3.05. The number of benzene rings is 4. The van der Waals surface area contributed by atoms with Crippen molar-refractivity contribution >= 4 is 28.7 Å². The predicted octanol–water partition coefficient (Wildman–Crippen LogP) is 10.0. The van der Waals surface area contributed by atoms with E-state index >= 15 is 0 Å². The Bertz CT molecular complexity index is 1510. The number of hydrogen-bond acceptors (Lipinski definition) is 6. The summed E-state index contributed by atoms with van der Waals surface area (Å²) in [5, 5.41) is 0. The molecule has 4 aromatic rings. The van der Waals surface area contributed by atoms with E-state index in [9.17, 15) is 35.9 Å². The molecule has 0 heterocycles. The summed E-state index contributed by atoms with van der Waals surface area (Å²) in [5.41, 5.74) is 3.41. The van der Waals surface area contributed by atoms with Gasteiger partial charge < -0.3 is 20.1 Å². The highest BCUT2D eigenvalue weighted by Gasteiger charge is 2.16. The fourth-order valence-corrected chi connectivity index (χ4v) is 3.76. The van der Waals surface area contributed by atoms with E-state index in [1.165, 1.54) is 31.8 Å². The number of ether oxygens (including phenoxy) is 2. The Morgan fingerprint density at radius 2 is 1.12 bits per heavy atom. The number of carbonyl (C=O) groups is 2. The zero-order chi connectivity index (χ0) is 36.1. The quantitative estimate of drug-likeness (QED) is 0.0616. The third-order valence-corrected chi connectivity index (χ3v) is 6.23. The van der Waals surface area contributed by atoms with E-state index < -0.39 is 47.0 Å². The molecule has 0 amide bonds. The van der Waals surface area contributed by atoms with Crippen LogP contribution < -0.4 is 15.2 Å². The van der Waals surface area contributed by atoms with Crippen molar-refractivity contribution < 1.29 is 45.4 Å². The van der Waals surface area contributed by atoms with Gasteiger partial charge in [-0.2, -0.15) is 0 Å². The van der Waals surface area contributed by atoms with Crippen LogP contribution in [0.4, 0.5) is 36.8 Å². The summed E-state index contributed by atoms with van der Waals surface area (Å²) in [6.45, 7) is 10.1. The predicted molar refractivity (Wildman–Crippen MR) is 175 cm³/mol. The van der Waals surface area contributed by atoms with Crippen LogP contribution in [-0.2, 0) is 11.2 Å². The van der Waals surface area contributed by atoms with Crippen LogP contribution in [0.1, 0.15) is 50.3 Å². The van der Waals surface area contributed by atoms with Crippen LogP contribution in [0.3, 0.4) is 0 Å². The molecule has 260 valence electrons. The number of anilines is 1. The number of hydrogen-bond donors (Lipinski definition) is 1. The largest absolute Gasteiger partial charge is 0.426 e. The van der Waals surface area contributed by atoms with Crippen molar-refractivity contribution in [3.05, 3.63) is 125 Å². The molecule has 13 heteroatoms. The molecular formula is C35H37ClF6N2O4. The molecule has 0 fully saturated rings. The summed E-state index contributed by atoms with van der Waals surface area (Å²) < 4.78 is 84.1. The number of nitrogen functional groups attached to an aromatic ring is 1. The topological polar surface area (TPSA) is 81.9 Å². The molecule has 4 rings (SSSR count). The van der Waals surface area contributed by atoms with E-state index in [4.69, 9.17) is 22.1 Å². The normalized spacial score (nSPS) is 10.2. The molecule has 0 aliphatic heterocycles. The number of nitrogens with two attached hydrogens (primary N) is 1. The van der Waals surface area contributed by atoms with Crippen LogP contribution in [-0.4, -0.2) is 35.9 Å². The Balaban J connectivity index is 0.000000350. The summed E-state index contributed by atoms with van der Waals surface area (Å²) in [7, 11) is 0. The Kier molecular flexibility index (Phi) is 19.8. The highest BCUT2D eigenvalue weighted by molar-refractivity contribution is 6.61. The van der Waals surface area contributed by atoms with E-state index in [0.29, 0.717) is 11.5 Å². The molecule has 0 aromatic heterocycles. The van der Waals surface area contributed by atoms with Crippen LogP contribution >= 0.6 is 11.6 Å². The lowest BCUT2D eigenvalue weighted by Crippen LogP contribution is -2.21. The molecular weight excluding hydrogens is 662 g/mol. The lowest BCUT2D eigenvalue weighted by molar-refractivity contribution is -0.133. The third-order valence-electron chi connectivity index (χ3n) is 6.16. The molecule has 0 saturated carbocycles. The SMILES string of the molecule is CCN(CC)CC.Nc1ccc(F)c(C(F)F)c1.O=C(Cc1ccc(F)c(C(F)F)c1)Oc1ccccc1.O=C(Cl)Oc1ccccc1. The lowest BCUT2D eigenvalue weighted by atomic mass is 10.1. The maximum atomic E-state index is 13.1. The summed E-state index contributed by atoms with van der Waals surface area (Å²) in [6.07, 6.45) is -5.92. The minimum atomic E-state index is -2.92. The number of carbonyl (C=O) groups excluding carboxylic acids is 2. The lowest BCUT2D eigenvalue weighted by Gasteiger charge is -2.13. The first kappa shape index (κ1) is 41.5. The number of esters is 1. The monoisotopic (exact) mass is 698 g/mol. The first-order valence-corrected chi connectivity index (χ1v) is 15.0. The van der Waals surface area contributed by atoms with Crippen molar-refractivity contribution in [2.75, 3.05) is 25.4 Å². The standard InChI is InChI=1S/C15H11F3O2.C7H5ClO2.C7H6F3N.C6H15N/c16-13-7-6-10(8-12(13)15(17)18)9-14(19)20-11-4-2-1-3-5-11;8-7(9)10-6-4-2-1-3-5-6;8-6-2-1-4(11)3-5(6)7(9)10;1-4-7(5-2)6-3/h1-8,15H,9H2;1-5H;1-3,7H,11H2;4-6H2,1-3H3. The highest BCUT2D eigenvalue weighted by Crippen LogP contribution is 2.24. The molecule has 0 radical (unpaired) electrons. The van der Waals surface area contributed by atoms with Gasteiger partial charge in [0.25, 0.3) is 12.9 Å². The summed E-state index contributed by atoms with van der Waals surface area (Å²) >= 11 is 4.95. The second-order valence-corrected chi connectivity index (χ2v) is 9.78. The second-order valence-electron chi connectivity index (χ2n) is 9.47. The average molecular weight is 699 g/mol. The number of halogens is 7. The van der Waals surface area contributed by atoms with E-state index in [-0.39, 0.29) is 17.7 Å². The zero-order valence-electron chi connectivity index (χ0n) is 26.5. The van der Waals surface area contributed by atoms with Gasteiger partial charge in [0.15, 0.2) is 0 Å². The fraction of sp³-hybridized carbons (Fsp3) is 0.257. The van der Waals surface area contributed by atoms with Crippen molar-refractivity contribution in [2.24, 2.45) is 0 Å². The maximum absolute atomic E-state index is 13.1. The second kappa shape index (κ2) is 22.9. The van der Waals surface area contributed by atoms with Gasteiger partial charge in [-0.25, -0.2) is 31.1 Å². The summed E-state index contributed by atoms with van der Waals surface area (Å²) in [6, 6.07) is 23.3. The molecule has 0 atom stereocenters. The minimum absolute atomic E-state index is 0.140. The van der Waals surface area contributed by atoms with Gasteiger partial charge in [0.05, 0.1) is 17.5 Å². The number of alkyl halides is 4. The van der Waals surface area contributed by atoms with Gasteiger partial charge in [-0.1, -0.05) is 63.2 Å². The third kappa shape index (κ3) is 16.8.